The number of benzene rings is 5. The van der Waals surface area contributed by atoms with Crippen molar-refractivity contribution in [3.05, 3.63) is 159 Å². The van der Waals surface area contributed by atoms with Gasteiger partial charge in [0.15, 0.2) is 58.5 Å². The summed E-state index contributed by atoms with van der Waals surface area (Å²) < 4.78 is 220. The summed E-state index contributed by atoms with van der Waals surface area (Å²) in [5.74, 6) is -43.0. The van der Waals surface area contributed by atoms with Crippen LogP contribution >= 0.6 is 0 Å². The summed E-state index contributed by atoms with van der Waals surface area (Å²) in [6.07, 6.45) is -5.90. The lowest BCUT2D eigenvalue weighted by Crippen LogP contribution is -3.04. The highest BCUT2D eigenvalue weighted by atomic mass is 19.2. The average Bonchev–Trinajstić information content (AvgIpc) is 3.13. The van der Waals surface area contributed by atoms with Crippen LogP contribution in [0, 0.1) is 99.0 Å². The van der Waals surface area contributed by atoms with Gasteiger partial charge in [0.2, 0.25) is 0 Å². The molecule has 17 heteroatoms. The van der Waals surface area contributed by atoms with Crippen molar-refractivity contribution in [3.8, 4) is 11.7 Å². The first-order valence-electron chi connectivity index (χ1n) is 14.5. The van der Waals surface area contributed by atoms with Gasteiger partial charge in [0, 0.05) is 11.1 Å². The summed E-state index contributed by atoms with van der Waals surface area (Å²) in [6, 6.07) is 16.0. The summed E-state index contributed by atoms with van der Waals surface area (Å²) >= 11 is 0. The number of quaternary nitrogens is 1. The Hall–Kier alpha value is -5.37. The fourth-order valence-electron chi connectivity index (χ4n) is 5.37. The number of hydrogen-bond acceptors (Lipinski definition) is 0. The van der Waals surface area contributed by atoms with Crippen molar-refractivity contribution in [1.82, 2.24) is 0 Å². The molecule has 0 amide bonds. The van der Waals surface area contributed by atoms with Crippen LogP contribution in [0.5, 0.6) is 0 Å². The molecule has 0 fully saturated rings. The zero-order valence-electron chi connectivity index (χ0n) is 26.2. The second-order valence-electron chi connectivity index (χ2n) is 11.3. The van der Waals surface area contributed by atoms with Crippen LogP contribution < -0.4 is 21.3 Å². The maximum absolute atomic E-state index is 15.3. The van der Waals surface area contributed by atoms with E-state index in [9.17, 15) is 39.5 Å². The molecule has 0 heterocycles. The molecule has 0 aliphatic carbocycles. The zero-order valence-corrected chi connectivity index (χ0v) is 26.2. The second-order valence-corrected chi connectivity index (χ2v) is 11.3. The van der Waals surface area contributed by atoms with Crippen LogP contribution in [-0.2, 0) is 6.54 Å². The van der Waals surface area contributed by atoms with E-state index in [0.29, 0.717) is 0 Å². The van der Waals surface area contributed by atoms with Crippen molar-refractivity contribution in [2.24, 2.45) is 0 Å². The maximum Gasteiger partial charge on any atom is 0.200 e. The highest BCUT2D eigenvalue weighted by Gasteiger charge is 2.47. The largest absolute Gasteiger partial charge is 0.336 e. The molecule has 0 atom stereocenters. The number of nitrogens with one attached hydrogen (secondary N) is 1. The highest BCUT2D eigenvalue weighted by Crippen LogP contribution is 2.28. The van der Waals surface area contributed by atoms with Crippen molar-refractivity contribution >= 4 is 22.5 Å². The van der Waals surface area contributed by atoms with Crippen molar-refractivity contribution in [2.75, 3.05) is 14.1 Å². The Morgan fingerprint density at radius 3 is 0.962 bits per heavy atom. The molecule has 0 spiro atoms. The minimum Gasteiger partial charge on any atom is -0.336 e. The third-order valence-corrected chi connectivity index (χ3v) is 7.64. The van der Waals surface area contributed by atoms with E-state index >= 15 is 26.3 Å². The molecule has 0 aliphatic rings. The summed E-state index contributed by atoms with van der Waals surface area (Å²) in [4.78, 5) is 1.46. The summed E-state index contributed by atoms with van der Waals surface area (Å²) in [6.45, 7) is 1.11. The average molecular weight is 749 g/mol. The Morgan fingerprint density at radius 1 is 0.404 bits per heavy atom. The predicted octanol–water partition coefficient (Wildman–Crippen LogP) is 6.17. The van der Waals surface area contributed by atoms with Gasteiger partial charge in [0.05, 0.1) is 14.1 Å². The lowest BCUT2D eigenvalue weighted by atomic mass is 9.15. The van der Waals surface area contributed by atoms with Gasteiger partial charge in [-0.3, -0.25) is 5.82 Å². The molecule has 0 aliphatic heterocycles. The quantitative estimate of drug-likeness (QED) is 0.0723. The van der Waals surface area contributed by atoms with Gasteiger partial charge in [-0.05, 0) is 12.1 Å². The standard InChI is InChI=1S/C26H5BF15.C9H13N/c28-12-9(13(29)19(35)24(40)18(12)34)27(7-6-8-4-2-1-3-5-8,10-14(30)20(36)25(41)21(37)15(10)31)11-16(32)22(38)26(42)23(39)17(11)33;1-10(2)8-9-6-4-3-5-7-9/h1-5H;3-7H,8H2,1-2H3/q-1;/p+1. The molecule has 1 nitrogen and oxygen atoms in total. The Labute approximate surface area is 284 Å². The topological polar surface area (TPSA) is 4.44 Å². The monoisotopic (exact) mass is 749 g/mol. The minimum atomic E-state index is -5.90. The maximum atomic E-state index is 15.3. The van der Waals surface area contributed by atoms with E-state index < -0.39 is 115 Å². The molecule has 0 bridgehead atoms. The first-order chi connectivity index (χ1) is 24.4. The molecule has 0 saturated carbocycles. The second kappa shape index (κ2) is 15.5. The Balaban J connectivity index is 0.000000521. The van der Waals surface area contributed by atoms with Gasteiger partial charge in [0.25, 0.3) is 0 Å². The molecule has 272 valence electrons. The van der Waals surface area contributed by atoms with Crippen LogP contribution in [0.4, 0.5) is 65.9 Å². The van der Waals surface area contributed by atoms with Gasteiger partial charge in [0.1, 0.15) is 41.4 Å². The first-order valence-corrected chi connectivity index (χ1v) is 14.5. The SMILES string of the molecule is C[NH+](C)Cc1ccccc1.Fc1c(F)c(F)c([B-](C#Cc2ccccc2)(c2c(F)c(F)c(F)c(F)c2F)c2c(F)c(F)c(F)c(F)c2F)c(F)c1F. The highest BCUT2D eigenvalue weighted by molar-refractivity contribution is 7.17. The lowest BCUT2D eigenvalue weighted by Gasteiger charge is -2.39. The molecule has 5 aromatic rings. The Morgan fingerprint density at radius 2 is 0.673 bits per heavy atom. The van der Waals surface area contributed by atoms with Gasteiger partial charge in [-0.1, -0.05) is 48.5 Å². The van der Waals surface area contributed by atoms with Gasteiger partial charge >= 0.3 is 0 Å². The van der Waals surface area contributed by atoms with Crippen LogP contribution in [0.25, 0.3) is 0 Å². The van der Waals surface area contributed by atoms with E-state index in [1.54, 1.807) is 5.92 Å². The fourth-order valence-corrected chi connectivity index (χ4v) is 5.37. The molecule has 5 aromatic carbocycles. The molecule has 5 rings (SSSR count). The molecular weight excluding hydrogens is 730 g/mol. The van der Waals surface area contributed by atoms with Crippen molar-refractivity contribution in [3.63, 3.8) is 0 Å². The molecule has 0 radical (unpaired) electrons. The third-order valence-electron chi connectivity index (χ3n) is 7.64. The molecule has 0 unspecified atom stereocenters. The minimum absolute atomic E-state index is 0.458. The van der Waals surface area contributed by atoms with Crippen LogP contribution in [0.1, 0.15) is 11.1 Å². The smallest absolute Gasteiger partial charge is 0.200 e. The van der Waals surface area contributed by atoms with E-state index in [4.69, 9.17) is 0 Å². The molecule has 1 N–H and O–H groups in total. The normalized spacial score (nSPS) is 11.3. The van der Waals surface area contributed by atoms with Crippen LogP contribution in [-0.4, -0.2) is 20.2 Å². The zero-order chi connectivity index (χ0) is 38.8. The van der Waals surface area contributed by atoms with E-state index in [0.717, 1.165) is 30.8 Å². The Bertz CT molecular complexity index is 1960. The number of hydrogen-bond donors (Lipinski definition) is 1. The molecule has 52 heavy (non-hydrogen) atoms. The predicted molar refractivity (Wildman–Crippen MR) is 160 cm³/mol. The van der Waals surface area contributed by atoms with Crippen LogP contribution in [0.15, 0.2) is 60.7 Å². The molecule has 0 aromatic heterocycles. The van der Waals surface area contributed by atoms with E-state index in [2.05, 4.69) is 44.4 Å². The van der Waals surface area contributed by atoms with Gasteiger partial charge in [-0.2, -0.15) is 0 Å². The van der Waals surface area contributed by atoms with E-state index in [1.165, 1.54) is 22.3 Å². The van der Waals surface area contributed by atoms with Crippen LogP contribution in [0.2, 0.25) is 0 Å². The lowest BCUT2D eigenvalue weighted by molar-refractivity contribution is -0.872. The van der Waals surface area contributed by atoms with Crippen molar-refractivity contribution < 1.29 is 70.8 Å². The van der Waals surface area contributed by atoms with E-state index in [-0.39, 0.29) is 0 Å². The fraction of sp³-hybridized carbons (Fsp3) is 0.0857. The Kier molecular flexibility index (Phi) is 11.7. The first kappa shape index (κ1) is 39.4. The van der Waals surface area contributed by atoms with Crippen molar-refractivity contribution in [1.29, 1.82) is 0 Å². The van der Waals surface area contributed by atoms with Gasteiger partial charge in [-0.25, -0.2) is 65.9 Å². The summed E-state index contributed by atoms with van der Waals surface area (Å²) in [5.41, 5.74) is -7.38. The number of rotatable bonds is 5. The number of halogens is 15. The summed E-state index contributed by atoms with van der Waals surface area (Å²) in [7, 11) is 4.32. The molecular formula is C35H19BF15N. The molecule has 0 saturated heterocycles. The third kappa shape index (κ3) is 6.94. The van der Waals surface area contributed by atoms with E-state index in [1.807, 2.05) is 0 Å². The summed E-state index contributed by atoms with van der Waals surface area (Å²) in [5, 5.41) is 0. The van der Waals surface area contributed by atoms with Gasteiger partial charge < -0.3 is 4.90 Å². The van der Waals surface area contributed by atoms with Gasteiger partial charge in [-0.15, -0.1) is 22.3 Å². The van der Waals surface area contributed by atoms with Crippen molar-refractivity contribution in [2.45, 2.75) is 6.54 Å². The van der Waals surface area contributed by atoms with Crippen LogP contribution in [0.3, 0.4) is 0 Å².